The summed E-state index contributed by atoms with van der Waals surface area (Å²) in [7, 11) is 1.42. The van der Waals surface area contributed by atoms with Crippen molar-refractivity contribution in [1.82, 2.24) is 4.57 Å². The van der Waals surface area contributed by atoms with Crippen LogP contribution in [0.15, 0.2) is 77.7 Å². The van der Waals surface area contributed by atoms with Crippen LogP contribution in [0.3, 0.4) is 0 Å². The van der Waals surface area contributed by atoms with E-state index in [1.54, 1.807) is 6.92 Å². The number of hydrogen-bond acceptors (Lipinski definition) is 6. The monoisotopic (exact) mass is 583 g/mol. The summed E-state index contributed by atoms with van der Waals surface area (Å²) in [6.07, 6.45) is 4.61. The number of methoxy groups -OCH3 is 1. The van der Waals surface area contributed by atoms with Crippen molar-refractivity contribution in [2.75, 3.05) is 13.7 Å². The molecule has 2 aliphatic carbocycles. The molecule has 2 fully saturated rings. The number of aromatic nitrogens is 1. The highest BCUT2D eigenvalue weighted by Crippen LogP contribution is 2.51. The van der Waals surface area contributed by atoms with Gasteiger partial charge in [-0.25, -0.2) is 9.18 Å². The topological polar surface area (TPSA) is 83.8 Å². The van der Waals surface area contributed by atoms with Crippen molar-refractivity contribution < 1.29 is 28.2 Å². The first-order valence-corrected chi connectivity index (χ1v) is 14.8. The van der Waals surface area contributed by atoms with Crippen LogP contribution in [0.4, 0.5) is 4.39 Å². The number of rotatable bonds is 9. The quantitative estimate of drug-likeness (QED) is 0.202. The minimum atomic E-state index is -1.32. The summed E-state index contributed by atoms with van der Waals surface area (Å²) in [6.45, 7) is 1.77. The number of ether oxygens (including phenoxy) is 3. The van der Waals surface area contributed by atoms with E-state index >= 15 is 4.39 Å². The van der Waals surface area contributed by atoms with Gasteiger partial charge in [0.25, 0.3) is 0 Å². The Morgan fingerprint density at radius 1 is 1.00 bits per heavy atom. The minimum absolute atomic E-state index is 0.00973. The molecule has 0 unspecified atom stereocenters. The van der Waals surface area contributed by atoms with Crippen molar-refractivity contribution in [3.8, 4) is 5.75 Å². The van der Waals surface area contributed by atoms with E-state index in [9.17, 15) is 14.4 Å². The average molecular weight is 584 g/mol. The van der Waals surface area contributed by atoms with Crippen molar-refractivity contribution in [3.05, 3.63) is 111 Å². The Labute approximate surface area is 249 Å². The van der Waals surface area contributed by atoms with Crippen molar-refractivity contribution >= 4 is 22.8 Å². The van der Waals surface area contributed by atoms with E-state index < -0.39 is 34.7 Å². The van der Waals surface area contributed by atoms with Gasteiger partial charge in [0.15, 0.2) is 11.9 Å². The summed E-state index contributed by atoms with van der Waals surface area (Å²) < 4.78 is 35.6. The fourth-order valence-electron chi connectivity index (χ4n) is 6.43. The van der Waals surface area contributed by atoms with Crippen LogP contribution in [0, 0.1) is 5.82 Å². The van der Waals surface area contributed by atoms with E-state index in [1.807, 2.05) is 65.2 Å². The lowest BCUT2D eigenvalue weighted by Crippen LogP contribution is -2.37. The van der Waals surface area contributed by atoms with E-state index in [2.05, 4.69) is 0 Å². The molecule has 0 saturated heterocycles. The van der Waals surface area contributed by atoms with E-state index in [0.717, 1.165) is 30.0 Å². The molecule has 1 aromatic heterocycles. The highest BCUT2D eigenvalue weighted by atomic mass is 19.1. The van der Waals surface area contributed by atoms with Crippen LogP contribution >= 0.6 is 0 Å². The fraction of sp³-hybridized carbons (Fsp3) is 0.343. The molecule has 222 valence electrons. The molecule has 2 aliphatic rings. The van der Waals surface area contributed by atoms with Gasteiger partial charge in [-0.2, -0.15) is 0 Å². The maximum atomic E-state index is 16.5. The highest BCUT2D eigenvalue weighted by molar-refractivity contribution is 5.97. The molecule has 0 amide bonds. The molecule has 6 rings (SSSR count). The molecule has 0 N–H and O–H groups in total. The van der Waals surface area contributed by atoms with Gasteiger partial charge < -0.3 is 18.8 Å². The Hall–Kier alpha value is -4.46. The first-order chi connectivity index (χ1) is 20.9. The van der Waals surface area contributed by atoms with Crippen molar-refractivity contribution in [2.45, 2.75) is 63.0 Å². The number of hydrogen-bond donors (Lipinski definition) is 0. The van der Waals surface area contributed by atoms with Gasteiger partial charge in [-0.1, -0.05) is 73.5 Å². The van der Waals surface area contributed by atoms with Gasteiger partial charge in [0, 0.05) is 17.8 Å². The van der Waals surface area contributed by atoms with Gasteiger partial charge >= 0.3 is 11.9 Å². The van der Waals surface area contributed by atoms with Crippen LogP contribution in [-0.2, 0) is 19.7 Å². The number of benzene rings is 3. The number of carbonyl (C=O) groups excluding carboxylic acids is 2. The SMILES string of the molecule is CCOC(=O)c1cn(C2CC2)c2c(OC)c(C3(C(=O)OC(c4ccccc4)c4ccccc4)CCCC3)c(F)cc2c1=O. The summed E-state index contributed by atoms with van der Waals surface area (Å²) in [6, 6.07) is 20.1. The lowest BCUT2D eigenvalue weighted by Gasteiger charge is -2.32. The van der Waals surface area contributed by atoms with E-state index in [1.165, 1.54) is 13.3 Å². The van der Waals surface area contributed by atoms with Crippen molar-refractivity contribution in [1.29, 1.82) is 0 Å². The van der Waals surface area contributed by atoms with Crippen LogP contribution in [0.5, 0.6) is 5.75 Å². The van der Waals surface area contributed by atoms with Crippen LogP contribution in [-0.4, -0.2) is 30.2 Å². The summed E-state index contributed by atoms with van der Waals surface area (Å²) in [5.74, 6) is -1.90. The lowest BCUT2D eigenvalue weighted by molar-refractivity contribution is -0.154. The molecular formula is C35H34FNO6. The molecule has 2 saturated carbocycles. The van der Waals surface area contributed by atoms with Gasteiger partial charge in [-0.05, 0) is 49.8 Å². The van der Waals surface area contributed by atoms with Gasteiger partial charge in [0.2, 0.25) is 5.43 Å². The number of fused-ring (bicyclic) bond motifs is 1. The Bertz CT molecular complexity index is 1680. The van der Waals surface area contributed by atoms with Crippen molar-refractivity contribution in [3.63, 3.8) is 0 Å². The summed E-state index contributed by atoms with van der Waals surface area (Å²) >= 11 is 0. The molecule has 0 spiro atoms. The number of halogens is 1. The molecule has 8 heteroatoms. The maximum Gasteiger partial charge on any atom is 0.343 e. The third-order valence-electron chi connectivity index (χ3n) is 8.62. The normalized spacial score (nSPS) is 15.9. The third-order valence-corrected chi connectivity index (χ3v) is 8.62. The second-order valence-corrected chi connectivity index (χ2v) is 11.3. The molecule has 0 radical (unpaired) electrons. The Morgan fingerprint density at radius 3 is 2.14 bits per heavy atom. The minimum Gasteiger partial charge on any atom is -0.494 e. The summed E-state index contributed by atoms with van der Waals surface area (Å²) in [5, 5.41) is 0.0171. The Balaban J connectivity index is 1.53. The maximum absolute atomic E-state index is 16.5. The number of nitrogens with zero attached hydrogens (tertiary/aromatic N) is 1. The highest BCUT2D eigenvalue weighted by Gasteiger charge is 2.50. The number of pyridine rings is 1. The predicted molar refractivity (Wildman–Crippen MR) is 160 cm³/mol. The van der Waals surface area contributed by atoms with Crippen LogP contribution in [0.1, 0.15) is 84.6 Å². The molecule has 3 aromatic carbocycles. The van der Waals surface area contributed by atoms with Crippen molar-refractivity contribution in [2.24, 2.45) is 0 Å². The Kier molecular flexibility index (Phi) is 7.77. The molecule has 43 heavy (non-hydrogen) atoms. The molecule has 0 aliphatic heterocycles. The molecule has 7 nitrogen and oxygen atoms in total. The van der Waals surface area contributed by atoms with Crippen LogP contribution in [0.25, 0.3) is 10.9 Å². The standard InChI is InChI=1S/C35H34FNO6/c1-3-42-33(39)26-21-37(24-16-17-24)29-25(30(26)38)20-27(36)28(32(29)41-2)35(18-10-11-19-35)34(40)43-31(22-12-6-4-7-13-22)23-14-8-5-9-15-23/h4-9,12-15,20-21,24,31H,3,10-11,16-19H2,1-2H3. The first-order valence-electron chi connectivity index (χ1n) is 14.8. The Morgan fingerprint density at radius 2 is 1.60 bits per heavy atom. The van der Waals surface area contributed by atoms with Gasteiger partial charge in [-0.3, -0.25) is 9.59 Å². The number of esters is 2. The first kappa shape index (κ1) is 28.6. The molecular weight excluding hydrogens is 549 g/mol. The van der Waals surface area contributed by atoms with Gasteiger partial charge in [0.1, 0.15) is 11.4 Å². The molecule has 4 aromatic rings. The van der Waals surface area contributed by atoms with E-state index in [0.29, 0.717) is 31.2 Å². The molecule has 0 atom stereocenters. The average Bonchev–Trinajstić information content (AvgIpc) is 3.76. The zero-order valence-electron chi connectivity index (χ0n) is 24.3. The summed E-state index contributed by atoms with van der Waals surface area (Å²) in [5.41, 5.74) is -0.0334. The second kappa shape index (κ2) is 11.7. The van der Waals surface area contributed by atoms with Crippen LogP contribution < -0.4 is 10.2 Å². The third kappa shape index (κ3) is 5.09. The summed E-state index contributed by atoms with van der Waals surface area (Å²) in [4.78, 5) is 40.6. The van der Waals surface area contributed by atoms with Gasteiger partial charge in [-0.15, -0.1) is 0 Å². The fourth-order valence-corrected chi connectivity index (χ4v) is 6.43. The predicted octanol–water partition coefficient (Wildman–Crippen LogP) is 6.81. The smallest absolute Gasteiger partial charge is 0.343 e. The lowest BCUT2D eigenvalue weighted by atomic mass is 9.77. The second-order valence-electron chi connectivity index (χ2n) is 11.3. The zero-order valence-corrected chi connectivity index (χ0v) is 24.3. The largest absolute Gasteiger partial charge is 0.494 e. The molecule has 0 bridgehead atoms. The number of carbonyl (C=O) groups is 2. The van der Waals surface area contributed by atoms with E-state index in [-0.39, 0.29) is 34.9 Å². The van der Waals surface area contributed by atoms with E-state index in [4.69, 9.17) is 14.2 Å². The zero-order chi connectivity index (χ0) is 30.1. The van der Waals surface area contributed by atoms with Gasteiger partial charge in [0.05, 0.1) is 30.0 Å². The molecule has 1 heterocycles. The van der Waals surface area contributed by atoms with Crippen LogP contribution in [0.2, 0.25) is 0 Å².